The van der Waals surface area contributed by atoms with Crippen LogP contribution in [0.4, 0.5) is 0 Å². The molecule has 1 aromatic rings. The minimum Gasteiger partial charge on any atom is -0.296 e. The molecule has 0 N–H and O–H groups in total. The van der Waals surface area contributed by atoms with Gasteiger partial charge in [-0.3, -0.25) is 4.79 Å². The summed E-state index contributed by atoms with van der Waals surface area (Å²) < 4.78 is 2.04. The Morgan fingerprint density at radius 3 is 2.44 bits per heavy atom. The molecule has 4 nitrogen and oxygen atoms in total. The van der Waals surface area contributed by atoms with Crippen LogP contribution in [0.25, 0.3) is 0 Å². The van der Waals surface area contributed by atoms with Crippen molar-refractivity contribution in [2.24, 2.45) is 0 Å². The average Bonchev–Trinajstić information content (AvgIpc) is 2.81. The summed E-state index contributed by atoms with van der Waals surface area (Å²) in [7, 11) is 0. The van der Waals surface area contributed by atoms with E-state index < -0.39 is 0 Å². The van der Waals surface area contributed by atoms with Gasteiger partial charge in [0.1, 0.15) is 5.69 Å². The standard InChI is InChI=1S/C12H17N3O/c16-8-11-12(9-4-1-2-5-9)15(14-13-11)10-6-3-7-10/h8-10H,1-7H2. The number of carbonyl (C=O) groups is 1. The maximum atomic E-state index is 11.0. The van der Waals surface area contributed by atoms with E-state index in [0.29, 0.717) is 17.7 Å². The van der Waals surface area contributed by atoms with Crippen molar-refractivity contribution >= 4 is 6.29 Å². The number of aromatic nitrogens is 3. The Balaban J connectivity index is 1.96. The summed E-state index contributed by atoms with van der Waals surface area (Å²) >= 11 is 0. The van der Waals surface area contributed by atoms with E-state index in [4.69, 9.17) is 0 Å². The minimum absolute atomic E-state index is 0.511. The van der Waals surface area contributed by atoms with Crippen LogP contribution in [0.15, 0.2) is 0 Å². The first-order valence-corrected chi connectivity index (χ1v) is 6.30. The smallest absolute Gasteiger partial charge is 0.172 e. The van der Waals surface area contributed by atoms with Crippen molar-refractivity contribution in [3.8, 4) is 0 Å². The highest BCUT2D eigenvalue weighted by atomic mass is 16.1. The molecule has 4 heteroatoms. The molecule has 0 saturated heterocycles. The van der Waals surface area contributed by atoms with E-state index in [-0.39, 0.29) is 0 Å². The molecule has 0 unspecified atom stereocenters. The second kappa shape index (κ2) is 4.00. The first-order valence-electron chi connectivity index (χ1n) is 6.30. The maximum absolute atomic E-state index is 11.0. The van der Waals surface area contributed by atoms with Crippen LogP contribution in [0.3, 0.4) is 0 Å². The van der Waals surface area contributed by atoms with E-state index >= 15 is 0 Å². The first kappa shape index (κ1) is 10.00. The number of hydrogen-bond acceptors (Lipinski definition) is 3. The molecule has 1 heterocycles. The van der Waals surface area contributed by atoms with Crippen LogP contribution < -0.4 is 0 Å². The molecule has 0 aliphatic heterocycles. The van der Waals surface area contributed by atoms with Crippen molar-refractivity contribution in [3.05, 3.63) is 11.4 Å². The summed E-state index contributed by atoms with van der Waals surface area (Å²) in [5, 5.41) is 8.22. The van der Waals surface area contributed by atoms with E-state index in [9.17, 15) is 4.79 Å². The Kier molecular flexibility index (Phi) is 2.50. The molecule has 16 heavy (non-hydrogen) atoms. The van der Waals surface area contributed by atoms with Crippen LogP contribution in [-0.2, 0) is 0 Å². The molecule has 2 aliphatic rings. The molecule has 86 valence electrons. The van der Waals surface area contributed by atoms with Crippen molar-refractivity contribution in [2.45, 2.75) is 56.9 Å². The number of hydrogen-bond donors (Lipinski definition) is 0. The molecule has 0 amide bonds. The van der Waals surface area contributed by atoms with E-state index in [1.807, 2.05) is 4.68 Å². The van der Waals surface area contributed by atoms with E-state index in [0.717, 1.165) is 12.0 Å². The van der Waals surface area contributed by atoms with Gasteiger partial charge in [0.25, 0.3) is 0 Å². The topological polar surface area (TPSA) is 47.8 Å². The van der Waals surface area contributed by atoms with E-state index in [2.05, 4.69) is 10.3 Å². The average molecular weight is 219 g/mol. The van der Waals surface area contributed by atoms with Crippen molar-refractivity contribution in [3.63, 3.8) is 0 Å². The highest BCUT2D eigenvalue weighted by Crippen LogP contribution is 2.39. The number of nitrogens with zero attached hydrogens (tertiary/aromatic N) is 3. The third kappa shape index (κ3) is 1.47. The SMILES string of the molecule is O=Cc1nnn(C2CCC2)c1C1CCCC1. The third-order valence-electron chi connectivity index (χ3n) is 4.03. The largest absolute Gasteiger partial charge is 0.296 e. The molecule has 0 spiro atoms. The maximum Gasteiger partial charge on any atom is 0.172 e. The Hall–Kier alpha value is -1.19. The van der Waals surface area contributed by atoms with E-state index in [1.165, 1.54) is 44.9 Å². The Bertz CT molecular complexity index is 389. The van der Waals surface area contributed by atoms with Gasteiger partial charge in [-0.05, 0) is 32.1 Å². The van der Waals surface area contributed by atoms with Crippen LogP contribution in [0, 0.1) is 0 Å². The molecule has 2 fully saturated rings. The second-order valence-corrected chi connectivity index (χ2v) is 4.99. The molecule has 0 atom stereocenters. The van der Waals surface area contributed by atoms with Gasteiger partial charge in [0.2, 0.25) is 0 Å². The predicted octanol–water partition coefficient (Wildman–Crippen LogP) is 2.47. The van der Waals surface area contributed by atoms with Crippen molar-refractivity contribution in [1.29, 1.82) is 0 Å². The number of rotatable bonds is 3. The normalized spacial score (nSPS) is 22.2. The van der Waals surface area contributed by atoms with Crippen molar-refractivity contribution in [2.75, 3.05) is 0 Å². The van der Waals surface area contributed by atoms with E-state index in [1.54, 1.807) is 0 Å². The molecule has 0 bridgehead atoms. The van der Waals surface area contributed by atoms with Gasteiger partial charge in [-0.15, -0.1) is 5.10 Å². The molecule has 2 saturated carbocycles. The molecular weight excluding hydrogens is 202 g/mol. The fourth-order valence-corrected chi connectivity index (χ4v) is 2.89. The van der Waals surface area contributed by atoms with Gasteiger partial charge < -0.3 is 0 Å². The van der Waals surface area contributed by atoms with Gasteiger partial charge in [0.05, 0.1) is 11.7 Å². The lowest BCUT2D eigenvalue weighted by molar-refractivity contribution is 0.111. The highest BCUT2D eigenvalue weighted by molar-refractivity contribution is 5.73. The van der Waals surface area contributed by atoms with Gasteiger partial charge >= 0.3 is 0 Å². The quantitative estimate of drug-likeness (QED) is 0.734. The molecule has 1 aromatic heterocycles. The van der Waals surface area contributed by atoms with Gasteiger partial charge in [0.15, 0.2) is 6.29 Å². The fraction of sp³-hybridized carbons (Fsp3) is 0.750. The zero-order valence-electron chi connectivity index (χ0n) is 9.43. The van der Waals surface area contributed by atoms with Gasteiger partial charge in [0, 0.05) is 5.92 Å². The molecule has 0 aromatic carbocycles. The van der Waals surface area contributed by atoms with Gasteiger partial charge in [-0.2, -0.15) is 0 Å². The third-order valence-corrected chi connectivity index (χ3v) is 4.03. The summed E-state index contributed by atoms with van der Waals surface area (Å²) in [6.45, 7) is 0. The summed E-state index contributed by atoms with van der Waals surface area (Å²) in [5.41, 5.74) is 1.70. The Labute approximate surface area is 95.0 Å². The number of aldehydes is 1. The Morgan fingerprint density at radius 1 is 1.12 bits per heavy atom. The Morgan fingerprint density at radius 2 is 1.88 bits per heavy atom. The molecule has 2 aliphatic carbocycles. The molecule has 3 rings (SSSR count). The van der Waals surface area contributed by atoms with Crippen LogP contribution in [0.5, 0.6) is 0 Å². The monoisotopic (exact) mass is 219 g/mol. The summed E-state index contributed by atoms with van der Waals surface area (Å²) in [5.74, 6) is 0.524. The molecule has 0 radical (unpaired) electrons. The zero-order chi connectivity index (χ0) is 11.0. The van der Waals surface area contributed by atoms with Crippen LogP contribution in [0.2, 0.25) is 0 Å². The highest BCUT2D eigenvalue weighted by Gasteiger charge is 2.30. The fourth-order valence-electron chi connectivity index (χ4n) is 2.89. The minimum atomic E-state index is 0.511. The summed E-state index contributed by atoms with van der Waals surface area (Å²) in [6, 6.07) is 0.511. The lowest BCUT2D eigenvalue weighted by Crippen LogP contribution is -2.21. The lowest BCUT2D eigenvalue weighted by Gasteiger charge is -2.28. The zero-order valence-corrected chi connectivity index (χ0v) is 9.43. The summed E-state index contributed by atoms with van der Waals surface area (Å²) in [6.07, 6.45) is 9.49. The predicted molar refractivity (Wildman–Crippen MR) is 59.5 cm³/mol. The second-order valence-electron chi connectivity index (χ2n) is 4.99. The number of carbonyl (C=O) groups excluding carboxylic acids is 1. The lowest BCUT2D eigenvalue weighted by atomic mass is 9.91. The van der Waals surface area contributed by atoms with Crippen molar-refractivity contribution in [1.82, 2.24) is 15.0 Å². The van der Waals surface area contributed by atoms with Crippen LogP contribution >= 0.6 is 0 Å². The van der Waals surface area contributed by atoms with Crippen molar-refractivity contribution < 1.29 is 4.79 Å². The van der Waals surface area contributed by atoms with Gasteiger partial charge in [-0.25, -0.2) is 4.68 Å². The summed E-state index contributed by atoms with van der Waals surface area (Å²) in [4.78, 5) is 11.0. The van der Waals surface area contributed by atoms with Gasteiger partial charge in [-0.1, -0.05) is 18.1 Å². The van der Waals surface area contributed by atoms with Crippen LogP contribution in [-0.4, -0.2) is 21.3 Å². The molecular formula is C12H17N3O. The van der Waals surface area contributed by atoms with Crippen LogP contribution in [0.1, 0.15) is 73.1 Å². The first-order chi connectivity index (χ1) is 7.90.